The largest absolute Gasteiger partial charge is 0.289 e. The van der Waals surface area contributed by atoms with Gasteiger partial charge in [0.2, 0.25) is 15.9 Å². The third kappa shape index (κ3) is 4.16. The van der Waals surface area contributed by atoms with Crippen molar-refractivity contribution in [1.29, 1.82) is 0 Å². The predicted molar refractivity (Wildman–Crippen MR) is 123 cm³/mol. The highest BCUT2D eigenvalue weighted by Crippen LogP contribution is 2.39. The monoisotopic (exact) mass is 461 g/mol. The molecule has 30 heavy (non-hydrogen) atoms. The first-order valence-corrected chi connectivity index (χ1v) is 12.8. The molecule has 0 spiro atoms. The molecule has 2 aromatic rings. The number of hydrogen-bond donors (Lipinski definition) is 0. The van der Waals surface area contributed by atoms with Crippen LogP contribution in [-0.2, 0) is 21.2 Å². The minimum atomic E-state index is -3.54. The van der Waals surface area contributed by atoms with Crippen LogP contribution in [0.15, 0.2) is 63.3 Å². The predicted octanol–water partition coefficient (Wildman–Crippen LogP) is 3.61. The summed E-state index contributed by atoms with van der Waals surface area (Å²) in [6.07, 6.45) is 0.721. The summed E-state index contributed by atoms with van der Waals surface area (Å²) in [5, 5.41) is 0.706. The Morgan fingerprint density at radius 3 is 2.63 bits per heavy atom. The van der Waals surface area contributed by atoms with Gasteiger partial charge >= 0.3 is 0 Å². The fraction of sp³-hybridized carbons (Fsp3) is 0.333. The third-order valence-electron chi connectivity index (χ3n) is 4.99. The lowest BCUT2D eigenvalue weighted by Gasteiger charge is -2.19. The van der Waals surface area contributed by atoms with E-state index in [-0.39, 0.29) is 21.3 Å². The SMILES string of the molecule is CC1CN(C(=O)C2Cc3ccccc3S2)C(=Nc2cccc(S(=O)(=O)N(C)C)c2)S1. The van der Waals surface area contributed by atoms with E-state index < -0.39 is 10.0 Å². The highest BCUT2D eigenvalue weighted by Gasteiger charge is 2.37. The van der Waals surface area contributed by atoms with Crippen molar-refractivity contribution in [1.82, 2.24) is 9.21 Å². The quantitative estimate of drug-likeness (QED) is 0.696. The maximum atomic E-state index is 13.3. The molecule has 2 aliphatic heterocycles. The number of hydrogen-bond acceptors (Lipinski definition) is 6. The van der Waals surface area contributed by atoms with Crippen molar-refractivity contribution in [3.05, 3.63) is 54.1 Å². The molecule has 0 bridgehead atoms. The van der Waals surface area contributed by atoms with Crippen LogP contribution < -0.4 is 0 Å². The second-order valence-electron chi connectivity index (χ2n) is 7.47. The first-order chi connectivity index (χ1) is 14.3. The van der Waals surface area contributed by atoms with Crippen molar-refractivity contribution in [2.24, 2.45) is 4.99 Å². The highest BCUT2D eigenvalue weighted by atomic mass is 32.2. The lowest BCUT2D eigenvalue weighted by molar-refractivity contribution is -0.126. The number of carbonyl (C=O) groups excluding carboxylic acids is 1. The summed E-state index contributed by atoms with van der Waals surface area (Å²) in [4.78, 5) is 21.0. The van der Waals surface area contributed by atoms with E-state index in [1.807, 2.05) is 12.1 Å². The Morgan fingerprint density at radius 1 is 1.13 bits per heavy atom. The zero-order chi connectivity index (χ0) is 21.5. The van der Waals surface area contributed by atoms with Gasteiger partial charge in [0.05, 0.1) is 15.8 Å². The van der Waals surface area contributed by atoms with E-state index in [0.717, 1.165) is 11.3 Å². The van der Waals surface area contributed by atoms with Crippen LogP contribution in [0.25, 0.3) is 0 Å². The number of amides is 1. The normalized spacial score (nSPS) is 22.7. The Kier molecular flexibility index (Phi) is 5.98. The second kappa shape index (κ2) is 8.37. The van der Waals surface area contributed by atoms with Gasteiger partial charge in [-0.25, -0.2) is 17.7 Å². The molecule has 2 unspecified atom stereocenters. The van der Waals surface area contributed by atoms with E-state index in [1.54, 1.807) is 52.7 Å². The van der Waals surface area contributed by atoms with E-state index in [1.165, 1.54) is 24.0 Å². The van der Waals surface area contributed by atoms with E-state index in [2.05, 4.69) is 24.0 Å². The average Bonchev–Trinajstić information content (AvgIpc) is 3.30. The third-order valence-corrected chi connectivity index (χ3v) is 9.18. The van der Waals surface area contributed by atoms with E-state index in [0.29, 0.717) is 17.4 Å². The summed E-state index contributed by atoms with van der Waals surface area (Å²) in [7, 11) is -0.544. The van der Waals surface area contributed by atoms with Crippen molar-refractivity contribution >= 4 is 50.3 Å². The number of fused-ring (bicyclic) bond motifs is 1. The number of aliphatic imine (C=N–C) groups is 1. The Labute approximate surface area is 185 Å². The lowest BCUT2D eigenvalue weighted by Crippen LogP contribution is -2.38. The zero-order valence-electron chi connectivity index (χ0n) is 17.0. The van der Waals surface area contributed by atoms with Gasteiger partial charge in [0.1, 0.15) is 0 Å². The fourth-order valence-electron chi connectivity index (χ4n) is 3.42. The number of thioether (sulfide) groups is 2. The molecule has 2 aliphatic rings. The highest BCUT2D eigenvalue weighted by molar-refractivity contribution is 8.14. The summed E-state index contributed by atoms with van der Waals surface area (Å²) in [5.74, 6) is 0.0591. The molecule has 2 heterocycles. The van der Waals surface area contributed by atoms with Crippen molar-refractivity contribution in [2.45, 2.75) is 33.6 Å². The molecular weight excluding hydrogens is 438 g/mol. The summed E-state index contributed by atoms with van der Waals surface area (Å²) >= 11 is 3.15. The topological polar surface area (TPSA) is 70.0 Å². The summed E-state index contributed by atoms with van der Waals surface area (Å²) in [6.45, 7) is 2.67. The summed E-state index contributed by atoms with van der Waals surface area (Å²) < 4.78 is 26.0. The molecule has 9 heteroatoms. The van der Waals surface area contributed by atoms with Gasteiger partial charge in [-0.3, -0.25) is 9.69 Å². The van der Waals surface area contributed by atoms with Gasteiger partial charge < -0.3 is 0 Å². The first-order valence-electron chi connectivity index (χ1n) is 9.59. The maximum Gasteiger partial charge on any atom is 0.242 e. The Hall–Kier alpha value is -1.81. The smallest absolute Gasteiger partial charge is 0.242 e. The van der Waals surface area contributed by atoms with Gasteiger partial charge in [-0.15, -0.1) is 11.8 Å². The molecule has 1 amide bonds. The van der Waals surface area contributed by atoms with Gasteiger partial charge in [0, 0.05) is 30.8 Å². The molecule has 1 saturated heterocycles. The molecule has 4 rings (SSSR count). The summed E-state index contributed by atoms with van der Waals surface area (Å²) in [6, 6.07) is 14.7. The first kappa shape index (κ1) is 21.4. The molecule has 158 valence electrons. The van der Waals surface area contributed by atoms with Crippen molar-refractivity contribution in [3.8, 4) is 0 Å². The van der Waals surface area contributed by atoms with Crippen LogP contribution in [0.4, 0.5) is 5.69 Å². The Bertz CT molecular complexity index is 1090. The number of amidine groups is 1. The van der Waals surface area contributed by atoms with Gasteiger partial charge in [0.25, 0.3) is 0 Å². The van der Waals surface area contributed by atoms with Crippen LogP contribution in [0.5, 0.6) is 0 Å². The Balaban J connectivity index is 1.59. The molecule has 0 saturated carbocycles. The zero-order valence-corrected chi connectivity index (χ0v) is 19.4. The second-order valence-corrected chi connectivity index (χ2v) is 12.3. The van der Waals surface area contributed by atoms with E-state index >= 15 is 0 Å². The van der Waals surface area contributed by atoms with Crippen LogP contribution in [0, 0.1) is 0 Å². The molecule has 0 aliphatic carbocycles. The van der Waals surface area contributed by atoms with Crippen LogP contribution >= 0.6 is 23.5 Å². The molecule has 2 aromatic carbocycles. The van der Waals surface area contributed by atoms with E-state index in [4.69, 9.17) is 0 Å². The molecule has 0 aromatic heterocycles. The fourth-order valence-corrected chi connectivity index (χ4v) is 6.65. The molecule has 0 radical (unpaired) electrons. The average molecular weight is 462 g/mol. The molecule has 0 N–H and O–H groups in total. The van der Waals surface area contributed by atoms with Crippen molar-refractivity contribution in [2.75, 3.05) is 20.6 Å². The number of sulfonamides is 1. The summed E-state index contributed by atoms with van der Waals surface area (Å²) in [5.41, 5.74) is 1.73. The van der Waals surface area contributed by atoms with Crippen molar-refractivity contribution < 1.29 is 13.2 Å². The van der Waals surface area contributed by atoms with E-state index in [9.17, 15) is 13.2 Å². The standard InChI is InChI=1S/C21H23N3O3S3/c1-14-13-24(20(25)19-11-15-7-4-5-10-18(15)29-19)21(28-14)22-16-8-6-9-17(12-16)30(26,27)23(2)3/h4-10,12,14,19H,11,13H2,1-3H3. The van der Waals surface area contributed by atoms with Gasteiger partial charge in [0.15, 0.2) is 5.17 Å². The molecule has 6 nitrogen and oxygen atoms in total. The van der Waals surface area contributed by atoms with Crippen LogP contribution in [0.3, 0.4) is 0 Å². The maximum absolute atomic E-state index is 13.3. The van der Waals surface area contributed by atoms with Crippen LogP contribution in [0.2, 0.25) is 0 Å². The lowest BCUT2D eigenvalue weighted by atomic mass is 10.1. The van der Waals surface area contributed by atoms with Gasteiger partial charge in [-0.1, -0.05) is 43.0 Å². The Morgan fingerprint density at radius 2 is 1.90 bits per heavy atom. The number of rotatable bonds is 4. The molecule has 1 fully saturated rings. The van der Waals surface area contributed by atoms with Gasteiger partial charge in [-0.05, 0) is 36.2 Å². The minimum absolute atomic E-state index is 0.0591. The van der Waals surface area contributed by atoms with Gasteiger partial charge in [-0.2, -0.15) is 0 Å². The van der Waals surface area contributed by atoms with Crippen molar-refractivity contribution in [3.63, 3.8) is 0 Å². The molecule has 2 atom stereocenters. The van der Waals surface area contributed by atoms with Crippen LogP contribution in [-0.4, -0.2) is 59.8 Å². The minimum Gasteiger partial charge on any atom is -0.289 e. The molecular formula is C21H23N3O3S3. The van der Waals surface area contributed by atoms with Crippen LogP contribution in [0.1, 0.15) is 12.5 Å². The number of carbonyl (C=O) groups is 1. The number of benzene rings is 2. The number of nitrogens with zero attached hydrogens (tertiary/aromatic N) is 3.